The predicted molar refractivity (Wildman–Crippen MR) is 101 cm³/mol. The van der Waals surface area contributed by atoms with Crippen molar-refractivity contribution < 1.29 is 18.7 Å². The molecule has 0 bridgehead atoms. The second-order valence-electron chi connectivity index (χ2n) is 5.46. The van der Waals surface area contributed by atoms with Gasteiger partial charge >= 0.3 is 0 Å². The fourth-order valence-corrected chi connectivity index (χ4v) is 2.51. The third-order valence-corrected chi connectivity index (χ3v) is 3.81. The molecule has 0 aliphatic carbocycles. The Morgan fingerprint density at radius 1 is 1.00 bits per heavy atom. The van der Waals surface area contributed by atoms with Gasteiger partial charge in [-0.3, -0.25) is 4.79 Å². The molecule has 5 nitrogen and oxygen atoms in total. The Morgan fingerprint density at radius 3 is 2.46 bits per heavy atom. The summed E-state index contributed by atoms with van der Waals surface area (Å²) >= 11 is 0. The van der Waals surface area contributed by atoms with Gasteiger partial charge in [-0.05, 0) is 35.9 Å². The highest BCUT2D eigenvalue weighted by molar-refractivity contribution is 6.29. The minimum atomic E-state index is -0.279. The molecule has 0 spiro atoms. The van der Waals surface area contributed by atoms with E-state index >= 15 is 0 Å². The van der Waals surface area contributed by atoms with Gasteiger partial charge in [0.25, 0.3) is 5.91 Å². The fourth-order valence-electron chi connectivity index (χ4n) is 2.51. The smallest absolute Gasteiger partial charge is 0.256 e. The normalized spacial score (nSPS) is 11.1. The monoisotopic (exact) mass is 349 g/mol. The molecular formula is C21H19NO4. The Bertz CT molecular complexity index is 899. The number of amides is 1. The Balaban J connectivity index is 1.97. The van der Waals surface area contributed by atoms with Crippen molar-refractivity contribution in [2.75, 3.05) is 19.5 Å². The van der Waals surface area contributed by atoms with E-state index in [2.05, 4.69) is 5.32 Å². The maximum Gasteiger partial charge on any atom is 0.256 e. The minimum absolute atomic E-state index is 0.279. The van der Waals surface area contributed by atoms with Gasteiger partial charge in [0.1, 0.15) is 17.3 Å². The Kier molecular flexibility index (Phi) is 5.39. The number of hydrogen-bond donors (Lipinski definition) is 1. The van der Waals surface area contributed by atoms with Gasteiger partial charge in [-0.25, -0.2) is 0 Å². The van der Waals surface area contributed by atoms with Crippen LogP contribution in [0.4, 0.5) is 5.69 Å². The first kappa shape index (κ1) is 17.4. The van der Waals surface area contributed by atoms with Crippen LogP contribution in [0.3, 0.4) is 0 Å². The van der Waals surface area contributed by atoms with Crippen LogP contribution in [0.1, 0.15) is 11.3 Å². The van der Waals surface area contributed by atoms with Crippen molar-refractivity contribution in [1.82, 2.24) is 0 Å². The third-order valence-electron chi connectivity index (χ3n) is 3.81. The minimum Gasteiger partial charge on any atom is -0.497 e. The van der Waals surface area contributed by atoms with E-state index < -0.39 is 0 Å². The second kappa shape index (κ2) is 8.07. The Morgan fingerprint density at radius 2 is 1.81 bits per heavy atom. The average molecular weight is 349 g/mol. The van der Waals surface area contributed by atoms with E-state index in [1.165, 1.54) is 0 Å². The van der Waals surface area contributed by atoms with E-state index in [0.717, 1.165) is 5.56 Å². The summed E-state index contributed by atoms with van der Waals surface area (Å²) in [5.41, 5.74) is 1.78. The second-order valence-corrected chi connectivity index (χ2v) is 5.46. The molecule has 132 valence electrons. The molecule has 3 aromatic rings. The number of furan rings is 1. The highest BCUT2D eigenvalue weighted by atomic mass is 16.5. The van der Waals surface area contributed by atoms with Gasteiger partial charge < -0.3 is 19.2 Å². The summed E-state index contributed by atoms with van der Waals surface area (Å²) in [6, 6.07) is 18.2. The number of hydrogen-bond acceptors (Lipinski definition) is 4. The van der Waals surface area contributed by atoms with Crippen molar-refractivity contribution in [1.29, 1.82) is 0 Å². The summed E-state index contributed by atoms with van der Waals surface area (Å²) in [6.45, 7) is 0. The molecule has 0 aliphatic rings. The van der Waals surface area contributed by atoms with Crippen LogP contribution in [0.15, 0.2) is 71.3 Å². The lowest BCUT2D eigenvalue weighted by Crippen LogP contribution is -2.14. The lowest BCUT2D eigenvalue weighted by molar-refractivity contribution is -0.111. The van der Waals surface area contributed by atoms with Gasteiger partial charge in [0, 0.05) is 6.07 Å². The Hall–Kier alpha value is -3.47. The SMILES string of the molecule is COc1ccc(OC)c(NC(=O)/C(=C/c2ccco2)c2ccccc2)c1. The molecule has 1 N–H and O–H groups in total. The summed E-state index contributed by atoms with van der Waals surface area (Å²) in [7, 11) is 3.12. The van der Waals surface area contributed by atoms with Gasteiger partial charge in [0.2, 0.25) is 0 Å². The maximum atomic E-state index is 13.0. The van der Waals surface area contributed by atoms with Crippen LogP contribution in [0.2, 0.25) is 0 Å². The van der Waals surface area contributed by atoms with E-state index in [4.69, 9.17) is 13.9 Å². The first-order valence-electron chi connectivity index (χ1n) is 8.05. The molecule has 5 heteroatoms. The summed E-state index contributed by atoms with van der Waals surface area (Å²) in [5, 5.41) is 2.89. The average Bonchev–Trinajstić information content (AvgIpc) is 3.20. The van der Waals surface area contributed by atoms with Crippen LogP contribution in [0.25, 0.3) is 11.6 Å². The molecule has 0 atom stereocenters. The molecule has 0 saturated carbocycles. The molecule has 3 rings (SSSR count). The molecule has 1 amide bonds. The summed E-state index contributed by atoms with van der Waals surface area (Å²) < 4.78 is 15.9. The van der Waals surface area contributed by atoms with Gasteiger partial charge in [0.15, 0.2) is 0 Å². The molecule has 26 heavy (non-hydrogen) atoms. The summed E-state index contributed by atoms with van der Waals surface area (Å²) in [4.78, 5) is 13.0. The molecule has 0 radical (unpaired) electrons. The number of methoxy groups -OCH3 is 2. The molecule has 1 heterocycles. The van der Waals surface area contributed by atoms with Crippen LogP contribution in [0, 0.1) is 0 Å². The number of benzene rings is 2. The van der Waals surface area contributed by atoms with Gasteiger partial charge in [-0.1, -0.05) is 30.3 Å². The van der Waals surface area contributed by atoms with E-state index in [-0.39, 0.29) is 5.91 Å². The van der Waals surface area contributed by atoms with Crippen molar-refractivity contribution >= 4 is 23.2 Å². The van der Waals surface area contributed by atoms with E-state index in [9.17, 15) is 4.79 Å². The van der Waals surface area contributed by atoms with Crippen LogP contribution in [0.5, 0.6) is 11.5 Å². The van der Waals surface area contributed by atoms with E-state index in [0.29, 0.717) is 28.5 Å². The molecular weight excluding hydrogens is 330 g/mol. The van der Waals surface area contributed by atoms with Crippen LogP contribution < -0.4 is 14.8 Å². The van der Waals surface area contributed by atoms with Crippen LogP contribution in [-0.2, 0) is 4.79 Å². The standard InChI is InChI=1S/C21H19NO4/c1-24-16-10-11-20(25-2)19(14-16)22-21(23)18(13-17-9-6-12-26-17)15-7-4-3-5-8-15/h3-14H,1-2H3,(H,22,23)/b18-13+. The van der Waals surface area contributed by atoms with Crippen molar-refractivity contribution in [2.24, 2.45) is 0 Å². The molecule has 0 fully saturated rings. The highest BCUT2D eigenvalue weighted by Gasteiger charge is 2.16. The van der Waals surface area contributed by atoms with E-state index in [1.807, 2.05) is 30.3 Å². The van der Waals surface area contributed by atoms with Gasteiger partial charge in [-0.15, -0.1) is 0 Å². The molecule has 2 aromatic carbocycles. The lowest BCUT2D eigenvalue weighted by atomic mass is 10.0. The molecule has 0 saturated heterocycles. The molecule has 1 aromatic heterocycles. The summed E-state index contributed by atoms with van der Waals surface area (Å²) in [5.74, 6) is 1.48. The first-order chi connectivity index (χ1) is 12.7. The predicted octanol–water partition coefficient (Wildman–Crippen LogP) is 4.48. The zero-order chi connectivity index (χ0) is 18.4. The number of ether oxygens (including phenoxy) is 2. The quantitative estimate of drug-likeness (QED) is 0.667. The third kappa shape index (κ3) is 3.95. The van der Waals surface area contributed by atoms with Crippen LogP contribution >= 0.6 is 0 Å². The van der Waals surface area contributed by atoms with Crippen molar-refractivity contribution in [3.8, 4) is 11.5 Å². The van der Waals surface area contributed by atoms with Crippen molar-refractivity contribution in [2.45, 2.75) is 0 Å². The van der Waals surface area contributed by atoms with Gasteiger partial charge in [-0.2, -0.15) is 0 Å². The van der Waals surface area contributed by atoms with Crippen molar-refractivity contribution in [3.63, 3.8) is 0 Å². The zero-order valence-electron chi connectivity index (χ0n) is 14.6. The maximum absolute atomic E-state index is 13.0. The Labute approximate surface area is 151 Å². The zero-order valence-corrected chi connectivity index (χ0v) is 14.6. The highest BCUT2D eigenvalue weighted by Crippen LogP contribution is 2.30. The largest absolute Gasteiger partial charge is 0.497 e. The first-order valence-corrected chi connectivity index (χ1v) is 8.05. The summed E-state index contributed by atoms with van der Waals surface area (Å²) in [6.07, 6.45) is 3.27. The number of anilines is 1. The number of carbonyl (C=O) groups is 1. The fraction of sp³-hybridized carbons (Fsp3) is 0.0952. The number of nitrogens with one attached hydrogen (secondary N) is 1. The topological polar surface area (TPSA) is 60.7 Å². The lowest BCUT2D eigenvalue weighted by Gasteiger charge is -2.13. The number of carbonyl (C=O) groups excluding carboxylic acids is 1. The number of rotatable bonds is 6. The van der Waals surface area contributed by atoms with Crippen molar-refractivity contribution in [3.05, 3.63) is 78.3 Å². The van der Waals surface area contributed by atoms with Gasteiger partial charge in [0.05, 0.1) is 31.7 Å². The molecule has 0 unspecified atom stereocenters. The molecule has 0 aliphatic heterocycles. The van der Waals surface area contributed by atoms with Crippen LogP contribution in [-0.4, -0.2) is 20.1 Å². The van der Waals surface area contributed by atoms with E-state index in [1.54, 1.807) is 56.9 Å².